The van der Waals surface area contributed by atoms with Gasteiger partial charge in [0.2, 0.25) is 0 Å². The zero-order chi connectivity index (χ0) is 8.85. The molecule has 0 aromatic heterocycles. The van der Waals surface area contributed by atoms with Gasteiger partial charge in [0.15, 0.2) is 0 Å². The maximum absolute atomic E-state index is 6.02. The minimum Gasteiger partial charge on any atom is -0.123 e. The highest BCUT2D eigenvalue weighted by atomic mass is 35.5. The SMILES string of the molecule is CCC(Cl)CC(CC)C(C)Cl. The molecule has 0 aromatic carbocycles. The van der Waals surface area contributed by atoms with Crippen molar-refractivity contribution in [3.63, 3.8) is 0 Å². The van der Waals surface area contributed by atoms with Crippen molar-refractivity contribution in [2.75, 3.05) is 0 Å². The van der Waals surface area contributed by atoms with Gasteiger partial charge < -0.3 is 0 Å². The van der Waals surface area contributed by atoms with Crippen LogP contribution in [0.15, 0.2) is 0 Å². The van der Waals surface area contributed by atoms with E-state index in [4.69, 9.17) is 23.2 Å². The smallest absolute Gasteiger partial charge is 0.0336 e. The van der Waals surface area contributed by atoms with Crippen LogP contribution in [0.1, 0.15) is 40.0 Å². The van der Waals surface area contributed by atoms with Crippen molar-refractivity contribution < 1.29 is 0 Å². The zero-order valence-electron chi connectivity index (χ0n) is 7.61. The van der Waals surface area contributed by atoms with Crippen molar-refractivity contribution in [1.82, 2.24) is 0 Å². The van der Waals surface area contributed by atoms with Crippen LogP contribution in [-0.4, -0.2) is 10.8 Å². The summed E-state index contributed by atoms with van der Waals surface area (Å²) < 4.78 is 0. The largest absolute Gasteiger partial charge is 0.123 e. The Hall–Kier alpha value is 0.580. The molecule has 2 heteroatoms. The highest BCUT2D eigenvalue weighted by molar-refractivity contribution is 6.21. The lowest BCUT2D eigenvalue weighted by molar-refractivity contribution is 0.448. The quantitative estimate of drug-likeness (QED) is 0.583. The van der Waals surface area contributed by atoms with Crippen molar-refractivity contribution in [3.05, 3.63) is 0 Å². The molecule has 3 unspecified atom stereocenters. The van der Waals surface area contributed by atoms with Crippen LogP contribution in [0, 0.1) is 5.92 Å². The summed E-state index contributed by atoms with van der Waals surface area (Å²) in [4.78, 5) is 0. The van der Waals surface area contributed by atoms with Crippen molar-refractivity contribution in [2.45, 2.75) is 50.8 Å². The van der Waals surface area contributed by atoms with E-state index in [-0.39, 0.29) is 5.38 Å². The second-order valence-corrected chi connectivity index (χ2v) is 4.39. The van der Waals surface area contributed by atoms with Crippen molar-refractivity contribution in [1.29, 1.82) is 0 Å². The Morgan fingerprint density at radius 1 is 1.09 bits per heavy atom. The molecule has 0 rings (SSSR count). The first kappa shape index (κ1) is 11.6. The Morgan fingerprint density at radius 3 is 1.91 bits per heavy atom. The van der Waals surface area contributed by atoms with E-state index in [0.717, 1.165) is 19.3 Å². The summed E-state index contributed by atoms with van der Waals surface area (Å²) in [6, 6.07) is 0. The van der Waals surface area contributed by atoms with Gasteiger partial charge in [0.1, 0.15) is 0 Å². The van der Waals surface area contributed by atoms with E-state index >= 15 is 0 Å². The number of hydrogen-bond acceptors (Lipinski definition) is 0. The van der Waals surface area contributed by atoms with Crippen molar-refractivity contribution >= 4 is 23.2 Å². The molecule has 0 aliphatic heterocycles. The molecule has 3 atom stereocenters. The summed E-state index contributed by atoms with van der Waals surface area (Å²) in [6.07, 6.45) is 3.23. The lowest BCUT2D eigenvalue weighted by Crippen LogP contribution is -2.15. The van der Waals surface area contributed by atoms with E-state index in [1.165, 1.54) is 0 Å². The van der Waals surface area contributed by atoms with Gasteiger partial charge in [-0.15, -0.1) is 23.2 Å². The molecule has 0 aromatic rings. The molecule has 0 saturated carbocycles. The first-order valence-electron chi connectivity index (χ1n) is 4.39. The van der Waals surface area contributed by atoms with Crippen molar-refractivity contribution in [3.8, 4) is 0 Å². The number of alkyl halides is 2. The zero-order valence-corrected chi connectivity index (χ0v) is 9.12. The molecule has 68 valence electrons. The molecule has 0 spiro atoms. The molecule has 0 N–H and O–H groups in total. The van der Waals surface area contributed by atoms with E-state index in [9.17, 15) is 0 Å². The number of halogens is 2. The lowest BCUT2D eigenvalue weighted by Gasteiger charge is -2.19. The maximum atomic E-state index is 6.02. The normalized spacial score (nSPS) is 19.4. The summed E-state index contributed by atoms with van der Waals surface area (Å²) in [6.45, 7) is 6.33. The van der Waals surface area contributed by atoms with Gasteiger partial charge in [0.25, 0.3) is 0 Å². The molecule has 0 saturated heterocycles. The van der Waals surface area contributed by atoms with Crippen LogP contribution in [0.25, 0.3) is 0 Å². The number of rotatable bonds is 5. The molecule has 0 aliphatic rings. The van der Waals surface area contributed by atoms with Crippen LogP contribution >= 0.6 is 23.2 Å². The fourth-order valence-corrected chi connectivity index (χ4v) is 1.68. The third-order valence-electron chi connectivity index (χ3n) is 2.18. The summed E-state index contributed by atoms with van der Waals surface area (Å²) in [5.41, 5.74) is 0. The molecule has 0 bridgehead atoms. The average molecular weight is 197 g/mol. The second kappa shape index (κ2) is 6.14. The highest BCUT2D eigenvalue weighted by Gasteiger charge is 2.16. The minimum absolute atomic E-state index is 0.257. The van der Waals surface area contributed by atoms with Crippen LogP contribution in [0.2, 0.25) is 0 Å². The van der Waals surface area contributed by atoms with Gasteiger partial charge in [0.05, 0.1) is 0 Å². The monoisotopic (exact) mass is 196 g/mol. The Balaban J connectivity index is 3.68. The van der Waals surface area contributed by atoms with Gasteiger partial charge in [-0.25, -0.2) is 0 Å². The lowest BCUT2D eigenvalue weighted by atomic mass is 9.96. The molecule has 0 fully saturated rings. The molecule has 0 amide bonds. The van der Waals surface area contributed by atoms with Gasteiger partial charge in [-0.2, -0.15) is 0 Å². The standard InChI is InChI=1S/C9H18Cl2/c1-4-8(7(3)10)6-9(11)5-2/h7-9H,4-6H2,1-3H3. The summed E-state index contributed by atoms with van der Waals surface area (Å²) in [5, 5.41) is 0.564. The van der Waals surface area contributed by atoms with E-state index < -0.39 is 0 Å². The maximum Gasteiger partial charge on any atom is 0.0336 e. The first-order valence-corrected chi connectivity index (χ1v) is 5.27. The molecular formula is C9H18Cl2. The number of hydrogen-bond donors (Lipinski definition) is 0. The van der Waals surface area contributed by atoms with Gasteiger partial charge in [-0.3, -0.25) is 0 Å². The third kappa shape index (κ3) is 4.92. The fourth-order valence-electron chi connectivity index (χ4n) is 1.17. The van der Waals surface area contributed by atoms with Crippen LogP contribution < -0.4 is 0 Å². The van der Waals surface area contributed by atoms with Gasteiger partial charge in [-0.05, 0) is 25.7 Å². The summed E-state index contributed by atoms with van der Waals surface area (Å²) >= 11 is 12.0. The average Bonchev–Trinajstić information content (AvgIpc) is 1.99. The Bertz CT molecular complexity index is 91.6. The molecule has 0 nitrogen and oxygen atoms in total. The second-order valence-electron chi connectivity index (χ2n) is 3.09. The molecule has 0 aliphatic carbocycles. The molecular weight excluding hydrogens is 179 g/mol. The van der Waals surface area contributed by atoms with E-state index in [0.29, 0.717) is 11.3 Å². The highest BCUT2D eigenvalue weighted by Crippen LogP contribution is 2.23. The van der Waals surface area contributed by atoms with E-state index in [1.807, 2.05) is 0 Å². The van der Waals surface area contributed by atoms with Crippen LogP contribution in [0.5, 0.6) is 0 Å². The van der Waals surface area contributed by atoms with Crippen LogP contribution in [0.3, 0.4) is 0 Å². The third-order valence-corrected chi connectivity index (χ3v) is 3.02. The van der Waals surface area contributed by atoms with Crippen LogP contribution in [0.4, 0.5) is 0 Å². The molecule has 0 heterocycles. The summed E-state index contributed by atoms with van der Waals surface area (Å²) in [7, 11) is 0. The van der Waals surface area contributed by atoms with E-state index in [2.05, 4.69) is 20.8 Å². The van der Waals surface area contributed by atoms with Gasteiger partial charge in [0, 0.05) is 10.8 Å². The van der Waals surface area contributed by atoms with E-state index in [1.54, 1.807) is 0 Å². The Kier molecular flexibility index (Phi) is 6.46. The first-order chi connectivity index (χ1) is 5.11. The van der Waals surface area contributed by atoms with Crippen molar-refractivity contribution in [2.24, 2.45) is 5.92 Å². The minimum atomic E-state index is 0.257. The van der Waals surface area contributed by atoms with Gasteiger partial charge in [-0.1, -0.05) is 20.3 Å². The van der Waals surface area contributed by atoms with Gasteiger partial charge >= 0.3 is 0 Å². The molecule has 0 radical (unpaired) electrons. The fraction of sp³-hybridized carbons (Fsp3) is 1.00. The van der Waals surface area contributed by atoms with Crippen LogP contribution in [-0.2, 0) is 0 Å². The topological polar surface area (TPSA) is 0 Å². The predicted octanol–water partition coefficient (Wildman–Crippen LogP) is 4.05. The predicted molar refractivity (Wildman–Crippen MR) is 53.6 cm³/mol. The molecule has 11 heavy (non-hydrogen) atoms. The summed E-state index contributed by atoms with van der Waals surface area (Å²) in [5.74, 6) is 0.583. The Morgan fingerprint density at radius 2 is 1.64 bits per heavy atom. The Labute approximate surface area is 80.3 Å².